The molecule has 0 fully saturated rings. The first-order chi connectivity index (χ1) is 17.0. The van der Waals surface area contributed by atoms with Crippen LogP contribution in [0.2, 0.25) is 10.0 Å². The number of aromatic nitrogens is 1. The van der Waals surface area contributed by atoms with E-state index < -0.39 is 0 Å². The number of aryl methyl sites for hydroxylation is 1. The number of nitrogens with zero attached hydrogens (tertiary/aromatic N) is 1. The van der Waals surface area contributed by atoms with E-state index in [4.69, 9.17) is 32.5 Å². The van der Waals surface area contributed by atoms with E-state index in [1.807, 2.05) is 54.6 Å². The number of ether oxygens (including phenoxy) is 1. The molecule has 35 heavy (non-hydrogen) atoms. The van der Waals surface area contributed by atoms with Gasteiger partial charge in [0.25, 0.3) is 5.91 Å². The van der Waals surface area contributed by atoms with E-state index in [0.29, 0.717) is 44.9 Å². The minimum Gasteiger partial charge on any atom is -0.492 e. The fourth-order valence-corrected chi connectivity index (χ4v) is 4.17. The molecule has 3 aromatic carbocycles. The van der Waals surface area contributed by atoms with Crippen molar-refractivity contribution in [3.8, 4) is 17.0 Å². The van der Waals surface area contributed by atoms with Crippen LogP contribution in [0.25, 0.3) is 11.3 Å². The molecule has 4 rings (SSSR count). The SMILES string of the molecule is Cc1onc(-c2c(Cl)cccc2Cl)c1C(=O)Nc1ccc(CCNCCOc2ccccc2)cc1. The van der Waals surface area contributed by atoms with Gasteiger partial charge in [-0.05, 0) is 61.9 Å². The minimum absolute atomic E-state index is 0.297. The van der Waals surface area contributed by atoms with Crippen LogP contribution >= 0.6 is 23.2 Å². The number of halogens is 2. The molecule has 0 bridgehead atoms. The summed E-state index contributed by atoms with van der Waals surface area (Å²) < 4.78 is 11.0. The summed E-state index contributed by atoms with van der Waals surface area (Å²) in [6.07, 6.45) is 0.861. The zero-order valence-corrected chi connectivity index (χ0v) is 20.7. The maximum absolute atomic E-state index is 13.1. The molecule has 0 saturated heterocycles. The number of hydrogen-bond acceptors (Lipinski definition) is 5. The summed E-state index contributed by atoms with van der Waals surface area (Å²) in [7, 11) is 0. The van der Waals surface area contributed by atoms with Crippen molar-refractivity contribution < 1.29 is 14.1 Å². The van der Waals surface area contributed by atoms with E-state index in [-0.39, 0.29) is 5.91 Å². The molecule has 0 saturated carbocycles. The second-order valence-corrected chi connectivity index (χ2v) is 8.69. The highest BCUT2D eigenvalue weighted by Gasteiger charge is 2.25. The second-order valence-electron chi connectivity index (χ2n) is 7.87. The van der Waals surface area contributed by atoms with Gasteiger partial charge < -0.3 is 19.9 Å². The number of rotatable bonds is 10. The predicted octanol–water partition coefficient (Wildman–Crippen LogP) is 6.42. The molecule has 6 nitrogen and oxygen atoms in total. The van der Waals surface area contributed by atoms with Gasteiger partial charge in [-0.2, -0.15) is 0 Å². The van der Waals surface area contributed by atoms with Crippen molar-refractivity contribution in [2.24, 2.45) is 0 Å². The molecule has 0 aliphatic heterocycles. The number of carbonyl (C=O) groups is 1. The molecular formula is C27H25Cl2N3O3. The first-order valence-corrected chi connectivity index (χ1v) is 12.0. The smallest absolute Gasteiger partial charge is 0.261 e. The number of nitrogens with one attached hydrogen (secondary N) is 2. The van der Waals surface area contributed by atoms with E-state index in [1.165, 1.54) is 0 Å². The summed E-state index contributed by atoms with van der Waals surface area (Å²) in [4.78, 5) is 13.1. The van der Waals surface area contributed by atoms with Crippen LogP contribution in [0.3, 0.4) is 0 Å². The van der Waals surface area contributed by atoms with Gasteiger partial charge in [-0.15, -0.1) is 0 Å². The summed E-state index contributed by atoms with van der Waals surface area (Å²) in [5.74, 6) is 0.908. The molecule has 180 valence electrons. The van der Waals surface area contributed by atoms with Crippen LogP contribution in [-0.2, 0) is 6.42 Å². The van der Waals surface area contributed by atoms with Crippen molar-refractivity contribution in [2.45, 2.75) is 13.3 Å². The van der Waals surface area contributed by atoms with Gasteiger partial charge in [-0.3, -0.25) is 4.79 Å². The number of para-hydroxylation sites is 1. The maximum atomic E-state index is 13.1. The quantitative estimate of drug-likeness (QED) is 0.241. The monoisotopic (exact) mass is 509 g/mol. The van der Waals surface area contributed by atoms with E-state index in [1.54, 1.807) is 25.1 Å². The maximum Gasteiger partial charge on any atom is 0.261 e. The van der Waals surface area contributed by atoms with Gasteiger partial charge in [0.1, 0.15) is 29.4 Å². The number of hydrogen-bond donors (Lipinski definition) is 2. The first-order valence-electron chi connectivity index (χ1n) is 11.2. The lowest BCUT2D eigenvalue weighted by atomic mass is 10.1. The lowest BCUT2D eigenvalue weighted by molar-refractivity contribution is 0.102. The largest absolute Gasteiger partial charge is 0.492 e. The van der Waals surface area contributed by atoms with Gasteiger partial charge >= 0.3 is 0 Å². The summed E-state index contributed by atoms with van der Waals surface area (Å²) in [5.41, 5.74) is 2.90. The van der Waals surface area contributed by atoms with Crippen molar-refractivity contribution in [1.82, 2.24) is 10.5 Å². The fraction of sp³-hybridized carbons (Fsp3) is 0.185. The highest BCUT2D eigenvalue weighted by molar-refractivity contribution is 6.39. The minimum atomic E-state index is -0.345. The van der Waals surface area contributed by atoms with E-state index >= 15 is 0 Å². The van der Waals surface area contributed by atoms with Gasteiger partial charge in [0.15, 0.2) is 0 Å². The molecule has 4 aromatic rings. The van der Waals surface area contributed by atoms with Crippen molar-refractivity contribution in [3.05, 3.63) is 99.7 Å². The summed E-state index contributed by atoms with van der Waals surface area (Å²) in [6, 6.07) is 22.6. The highest BCUT2D eigenvalue weighted by Crippen LogP contribution is 2.37. The van der Waals surface area contributed by atoms with Gasteiger partial charge in [0, 0.05) is 17.8 Å². The van der Waals surface area contributed by atoms with Gasteiger partial charge in [0.05, 0.1) is 10.0 Å². The van der Waals surface area contributed by atoms with Crippen molar-refractivity contribution >= 4 is 34.8 Å². The van der Waals surface area contributed by atoms with Crippen LogP contribution in [0.1, 0.15) is 21.7 Å². The third-order valence-electron chi connectivity index (χ3n) is 5.38. The predicted molar refractivity (Wildman–Crippen MR) is 140 cm³/mol. The number of amides is 1. The average molecular weight is 510 g/mol. The number of anilines is 1. The topological polar surface area (TPSA) is 76.4 Å². The lowest BCUT2D eigenvalue weighted by Gasteiger charge is -2.09. The zero-order chi connectivity index (χ0) is 24.6. The van der Waals surface area contributed by atoms with E-state index in [2.05, 4.69) is 15.8 Å². The van der Waals surface area contributed by atoms with Crippen LogP contribution in [-0.4, -0.2) is 30.8 Å². The Bertz CT molecular complexity index is 1250. The zero-order valence-electron chi connectivity index (χ0n) is 19.2. The van der Waals surface area contributed by atoms with Crippen LogP contribution in [0.5, 0.6) is 5.75 Å². The standard InChI is InChI=1S/C27H25Cl2N3O3/c1-18-24(26(32-35-18)25-22(28)8-5-9-23(25)29)27(33)31-20-12-10-19(11-13-20)14-15-30-16-17-34-21-6-3-2-4-7-21/h2-13,30H,14-17H2,1H3,(H,31,33). The van der Waals surface area contributed by atoms with Gasteiger partial charge in [-0.25, -0.2) is 0 Å². The summed E-state index contributed by atoms with van der Waals surface area (Å²) in [5, 5.41) is 11.1. The van der Waals surface area contributed by atoms with Crippen LogP contribution in [0, 0.1) is 6.92 Å². The van der Waals surface area contributed by atoms with Crippen molar-refractivity contribution in [2.75, 3.05) is 25.0 Å². The first kappa shape index (κ1) is 24.8. The van der Waals surface area contributed by atoms with Crippen LogP contribution < -0.4 is 15.4 Å². The molecule has 0 radical (unpaired) electrons. The number of benzene rings is 3. The Morgan fingerprint density at radius 2 is 1.66 bits per heavy atom. The fourth-order valence-electron chi connectivity index (χ4n) is 3.60. The Balaban J connectivity index is 1.30. The molecule has 0 spiro atoms. The van der Waals surface area contributed by atoms with Crippen molar-refractivity contribution in [3.63, 3.8) is 0 Å². The molecule has 0 aliphatic rings. The van der Waals surface area contributed by atoms with E-state index in [0.717, 1.165) is 30.8 Å². The molecule has 8 heteroatoms. The molecule has 0 aliphatic carbocycles. The Morgan fingerprint density at radius 3 is 2.37 bits per heavy atom. The van der Waals surface area contributed by atoms with Gasteiger partial charge in [-0.1, -0.05) is 64.8 Å². The highest BCUT2D eigenvalue weighted by atomic mass is 35.5. The average Bonchev–Trinajstić information content (AvgIpc) is 3.24. The second kappa shape index (κ2) is 11.9. The lowest BCUT2D eigenvalue weighted by Crippen LogP contribution is -2.23. The molecule has 1 aromatic heterocycles. The molecule has 0 atom stereocenters. The Labute approximate surface area is 214 Å². The molecular weight excluding hydrogens is 485 g/mol. The van der Waals surface area contributed by atoms with Gasteiger partial charge in [0.2, 0.25) is 0 Å². The van der Waals surface area contributed by atoms with Crippen LogP contribution in [0.4, 0.5) is 5.69 Å². The third-order valence-corrected chi connectivity index (χ3v) is 6.01. The third kappa shape index (κ3) is 6.42. The van der Waals surface area contributed by atoms with Crippen molar-refractivity contribution in [1.29, 1.82) is 0 Å². The molecule has 0 unspecified atom stereocenters. The van der Waals surface area contributed by atoms with Crippen LogP contribution in [0.15, 0.2) is 77.3 Å². The Morgan fingerprint density at radius 1 is 0.943 bits per heavy atom. The summed E-state index contributed by atoms with van der Waals surface area (Å²) >= 11 is 12.6. The Hall–Kier alpha value is -3.32. The summed E-state index contributed by atoms with van der Waals surface area (Å²) in [6.45, 7) is 3.88. The molecule has 2 N–H and O–H groups in total. The Kier molecular flexibility index (Phi) is 8.42. The molecule has 1 amide bonds. The molecule has 1 heterocycles. The van der Waals surface area contributed by atoms with E-state index in [9.17, 15) is 4.79 Å². The normalized spacial score (nSPS) is 10.8. The number of carbonyl (C=O) groups excluding carboxylic acids is 1.